The number of ketones is 1. The molecule has 25 heavy (non-hydrogen) atoms. The number of esters is 1. The Kier molecular flexibility index (Phi) is 7.36. The quantitative estimate of drug-likeness (QED) is 0.342. The fourth-order valence-corrected chi connectivity index (χ4v) is 3.84. The maximum Gasteiger partial charge on any atom is 0.316 e. The summed E-state index contributed by atoms with van der Waals surface area (Å²) < 4.78 is 20.3. The van der Waals surface area contributed by atoms with E-state index in [0.717, 1.165) is 5.56 Å². The van der Waals surface area contributed by atoms with Gasteiger partial charge in [0.2, 0.25) is 0 Å². The third-order valence-electron chi connectivity index (χ3n) is 3.72. The Morgan fingerprint density at radius 1 is 1.24 bits per heavy atom. The lowest BCUT2D eigenvalue weighted by Crippen LogP contribution is -2.25. The van der Waals surface area contributed by atoms with Crippen LogP contribution in [0.1, 0.15) is 12.5 Å². The van der Waals surface area contributed by atoms with Gasteiger partial charge < -0.3 is 14.2 Å². The average molecular weight is 456 g/mol. The second kappa shape index (κ2) is 9.50. The number of benzene rings is 1. The maximum absolute atomic E-state index is 11.8. The van der Waals surface area contributed by atoms with Crippen LogP contribution in [-0.2, 0) is 20.7 Å². The summed E-state index contributed by atoms with van der Waals surface area (Å²) in [4.78, 5) is 23.5. The standard InChI is InChI=1S/C19H21IO5/c1-13(21)17(19(22)24-3)9-15-6-7-16(10-18(15)23-2)25-12-14-5-4-8-20-11-14/h4-8,10-11,17H,9,12H2,1-3H3. The molecule has 0 bridgehead atoms. The van der Waals surface area contributed by atoms with Crippen LogP contribution in [0.3, 0.4) is 0 Å². The predicted octanol–water partition coefficient (Wildman–Crippen LogP) is 3.22. The van der Waals surface area contributed by atoms with Crippen molar-refractivity contribution in [1.82, 2.24) is 0 Å². The molecule has 2 rings (SSSR count). The third kappa shape index (κ3) is 5.52. The van der Waals surface area contributed by atoms with Gasteiger partial charge in [0, 0.05) is 6.07 Å². The molecule has 0 saturated carbocycles. The Bertz CT molecular complexity index is 733. The fraction of sp³-hybridized carbons (Fsp3) is 0.316. The lowest BCUT2D eigenvalue weighted by Gasteiger charge is -2.15. The molecule has 1 aromatic rings. The molecule has 1 aliphatic heterocycles. The first kappa shape index (κ1) is 19.4. The summed E-state index contributed by atoms with van der Waals surface area (Å²) in [5.41, 5.74) is 1.93. The summed E-state index contributed by atoms with van der Waals surface area (Å²) in [6, 6.07) is 5.41. The van der Waals surface area contributed by atoms with Gasteiger partial charge in [-0.05, 0) is 38.6 Å². The van der Waals surface area contributed by atoms with Gasteiger partial charge in [-0.1, -0.05) is 38.9 Å². The van der Waals surface area contributed by atoms with Crippen molar-refractivity contribution in [3.8, 4) is 11.5 Å². The third-order valence-corrected chi connectivity index (χ3v) is 5.71. The molecule has 0 aliphatic carbocycles. The van der Waals surface area contributed by atoms with Gasteiger partial charge in [-0.25, -0.2) is 0 Å². The Labute approximate surface area is 157 Å². The summed E-state index contributed by atoms with van der Waals surface area (Å²) in [5.74, 6) is -0.332. The fourth-order valence-electron chi connectivity index (χ4n) is 2.34. The molecular formula is C19H21IO5. The molecule has 0 spiro atoms. The molecule has 0 saturated heterocycles. The number of methoxy groups -OCH3 is 2. The SMILES string of the molecule is COC(=O)C(Cc1ccc(OCC2=CC=CI=C2)cc1OC)C(C)=O. The van der Waals surface area contributed by atoms with Crippen LogP contribution in [-0.4, -0.2) is 36.6 Å². The summed E-state index contributed by atoms with van der Waals surface area (Å²) in [6.07, 6.45) is 4.34. The van der Waals surface area contributed by atoms with Crippen LogP contribution in [0.5, 0.6) is 11.5 Å². The van der Waals surface area contributed by atoms with E-state index < -0.39 is 11.9 Å². The summed E-state index contributed by atoms with van der Waals surface area (Å²) in [7, 11) is 2.83. The average Bonchev–Trinajstić information content (AvgIpc) is 2.64. The van der Waals surface area contributed by atoms with Crippen molar-refractivity contribution >= 4 is 36.5 Å². The van der Waals surface area contributed by atoms with Gasteiger partial charge in [0.15, 0.2) is 0 Å². The number of hydrogen-bond acceptors (Lipinski definition) is 5. The highest BCUT2D eigenvalue weighted by Crippen LogP contribution is 2.28. The minimum Gasteiger partial charge on any atom is -0.496 e. The molecule has 0 amide bonds. The molecule has 5 nitrogen and oxygen atoms in total. The number of Topliss-reactive ketones (excluding diaryl/α,β-unsaturated/α-hetero) is 1. The minimum atomic E-state index is -0.830. The van der Waals surface area contributed by atoms with Crippen molar-refractivity contribution in [1.29, 1.82) is 0 Å². The van der Waals surface area contributed by atoms with E-state index in [2.05, 4.69) is 14.2 Å². The van der Waals surface area contributed by atoms with Gasteiger partial charge in [-0.15, -0.1) is 0 Å². The molecule has 0 radical (unpaired) electrons. The van der Waals surface area contributed by atoms with Crippen LogP contribution in [0.2, 0.25) is 0 Å². The zero-order valence-electron chi connectivity index (χ0n) is 14.5. The van der Waals surface area contributed by atoms with Crippen LogP contribution >= 0.6 is 20.7 Å². The van der Waals surface area contributed by atoms with E-state index in [4.69, 9.17) is 14.2 Å². The monoisotopic (exact) mass is 456 g/mol. The molecule has 0 fully saturated rings. The maximum atomic E-state index is 11.8. The molecule has 1 aliphatic rings. The highest BCUT2D eigenvalue weighted by atomic mass is 127. The summed E-state index contributed by atoms with van der Waals surface area (Å²) >= 11 is -0.00228. The second-order valence-electron chi connectivity index (χ2n) is 5.45. The number of hydrogen-bond donors (Lipinski definition) is 0. The van der Waals surface area contributed by atoms with Gasteiger partial charge in [-0.2, -0.15) is 0 Å². The molecule has 0 N–H and O–H groups in total. The first-order valence-electron chi connectivity index (χ1n) is 7.74. The van der Waals surface area contributed by atoms with E-state index in [1.54, 1.807) is 13.2 Å². The largest absolute Gasteiger partial charge is 0.496 e. The number of ether oxygens (including phenoxy) is 3. The normalized spacial score (nSPS) is 14.1. The molecule has 6 heteroatoms. The molecule has 1 unspecified atom stereocenters. The van der Waals surface area contributed by atoms with Crippen molar-refractivity contribution < 1.29 is 23.8 Å². The Morgan fingerprint density at radius 2 is 2.04 bits per heavy atom. The van der Waals surface area contributed by atoms with Crippen molar-refractivity contribution in [2.45, 2.75) is 13.3 Å². The molecule has 1 atom stereocenters. The summed E-state index contributed by atoms with van der Waals surface area (Å²) in [6.45, 7) is 1.89. The Balaban J connectivity index is 2.11. The number of rotatable bonds is 8. The molecular weight excluding hydrogens is 435 g/mol. The van der Waals surface area contributed by atoms with Crippen LogP contribution in [0.25, 0.3) is 0 Å². The van der Waals surface area contributed by atoms with E-state index in [1.165, 1.54) is 19.6 Å². The van der Waals surface area contributed by atoms with Gasteiger partial charge in [0.25, 0.3) is 0 Å². The van der Waals surface area contributed by atoms with Crippen LogP contribution < -0.4 is 9.47 Å². The lowest BCUT2D eigenvalue weighted by molar-refractivity contribution is -0.148. The van der Waals surface area contributed by atoms with Crippen molar-refractivity contribution in [2.75, 3.05) is 20.8 Å². The van der Waals surface area contributed by atoms with Crippen molar-refractivity contribution in [3.05, 3.63) is 45.6 Å². The minimum absolute atomic E-state index is 0.00228. The number of carbonyl (C=O) groups is 2. The topological polar surface area (TPSA) is 61.8 Å². The van der Waals surface area contributed by atoms with E-state index in [-0.39, 0.29) is 32.9 Å². The highest BCUT2D eigenvalue weighted by molar-refractivity contribution is 14.2. The van der Waals surface area contributed by atoms with E-state index in [1.807, 2.05) is 18.2 Å². The molecule has 1 heterocycles. The number of halogens is 1. The van der Waals surface area contributed by atoms with E-state index >= 15 is 0 Å². The first-order chi connectivity index (χ1) is 12.0. The van der Waals surface area contributed by atoms with Crippen molar-refractivity contribution in [2.24, 2.45) is 5.92 Å². The van der Waals surface area contributed by atoms with E-state index in [9.17, 15) is 9.59 Å². The smallest absolute Gasteiger partial charge is 0.316 e. The zero-order valence-corrected chi connectivity index (χ0v) is 16.6. The second-order valence-corrected chi connectivity index (χ2v) is 7.51. The van der Waals surface area contributed by atoms with Gasteiger partial charge in [0.05, 0.1) is 14.2 Å². The lowest BCUT2D eigenvalue weighted by atomic mass is 9.95. The molecule has 0 aromatic heterocycles. The summed E-state index contributed by atoms with van der Waals surface area (Å²) in [5, 5.41) is 0. The Morgan fingerprint density at radius 3 is 2.64 bits per heavy atom. The number of carbonyl (C=O) groups excluding carboxylic acids is 2. The van der Waals surface area contributed by atoms with Gasteiger partial charge >= 0.3 is 5.97 Å². The van der Waals surface area contributed by atoms with E-state index in [0.29, 0.717) is 18.1 Å². The number of allylic oxidation sites excluding steroid dienone is 2. The van der Waals surface area contributed by atoms with Gasteiger partial charge in [0.1, 0.15) is 29.8 Å². The first-order valence-corrected chi connectivity index (χ1v) is 10.2. The van der Waals surface area contributed by atoms with Crippen molar-refractivity contribution in [3.63, 3.8) is 0 Å². The predicted molar refractivity (Wildman–Crippen MR) is 106 cm³/mol. The highest BCUT2D eigenvalue weighted by Gasteiger charge is 2.26. The zero-order chi connectivity index (χ0) is 18.2. The van der Waals surface area contributed by atoms with Crippen LogP contribution in [0.4, 0.5) is 0 Å². The van der Waals surface area contributed by atoms with Crippen LogP contribution in [0.15, 0.2) is 40.0 Å². The molecule has 1 aromatic carbocycles. The van der Waals surface area contributed by atoms with Gasteiger partial charge in [-0.3, -0.25) is 9.59 Å². The molecule has 134 valence electrons. The Hall–Kier alpha value is -1.96. The van der Waals surface area contributed by atoms with Crippen LogP contribution in [0, 0.1) is 5.92 Å².